The van der Waals surface area contributed by atoms with Gasteiger partial charge in [0, 0.05) is 32.7 Å². The number of para-hydroxylation sites is 1. The second-order valence-electron chi connectivity index (χ2n) is 7.06. The Morgan fingerprint density at radius 1 is 1.00 bits per heavy atom. The van der Waals surface area contributed by atoms with Gasteiger partial charge in [0.15, 0.2) is 5.76 Å². The van der Waals surface area contributed by atoms with Crippen molar-refractivity contribution in [2.75, 3.05) is 26.2 Å². The first kappa shape index (κ1) is 18.3. The monoisotopic (exact) mass is 376 g/mol. The Kier molecular flexibility index (Phi) is 5.44. The molecule has 1 saturated heterocycles. The fourth-order valence-electron chi connectivity index (χ4n) is 3.43. The summed E-state index contributed by atoms with van der Waals surface area (Å²) in [6, 6.07) is 19.7. The van der Waals surface area contributed by atoms with E-state index in [1.54, 1.807) is 12.1 Å². The van der Waals surface area contributed by atoms with E-state index in [-0.39, 0.29) is 5.91 Å². The second-order valence-corrected chi connectivity index (χ2v) is 7.06. The minimum absolute atomic E-state index is 0.0294. The van der Waals surface area contributed by atoms with E-state index in [0.717, 1.165) is 36.7 Å². The predicted molar refractivity (Wildman–Crippen MR) is 108 cm³/mol. The van der Waals surface area contributed by atoms with Crippen LogP contribution in [0.15, 0.2) is 71.3 Å². The van der Waals surface area contributed by atoms with Crippen molar-refractivity contribution in [3.05, 3.63) is 83.8 Å². The molecule has 0 radical (unpaired) electrons. The van der Waals surface area contributed by atoms with Crippen LogP contribution in [-0.4, -0.2) is 41.9 Å². The van der Waals surface area contributed by atoms with E-state index < -0.39 is 0 Å². The molecule has 28 heavy (non-hydrogen) atoms. The van der Waals surface area contributed by atoms with Crippen LogP contribution >= 0.6 is 0 Å². The molecule has 0 atom stereocenters. The second kappa shape index (κ2) is 8.31. The number of benzene rings is 2. The van der Waals surface area contributed by atoms with E-state index in [1.165, 1.54) is 11.8 Å². The van der Waals surface area contributed by atoms with Gasteiger partial charge in [0.05, 0.1) is 6.26 Å². The van der Waals surface area contributed by atoms with E-state index >= 15 is 0 Å². The van der Waals surface area contributed by atoms with Gasteiger partial charge in [-0.2, -0.15) is 0 Å². The van der Waals surface area contributed by atoms with Crippen LogP contribution in [0.5, 0.6) is 11.5 Å². The highest BCUT2D eigenvalue weighted by atomic mass is 16.5. The van der Waals surface area contributed by atoms with Gasteiger partial charge in [-0.25, -0.2) is 0 Å². The summed E-state index contributed by atoms with van der Waals surface area (Å²) < 4.78 is 11.3. The molecule has 1 aliphatic rings. The first-order chi connectivity index (χ1) is 13.7. The van der Waals surface area contributed by atoms with Crippen molar-refractivity contribution < 1.29 is 13.9 Å². The largest absolute Gasteiger partial charge is 0.459 e. The smallest absolute Gasteiger partial charge is 0.289 e. The highest BCUT2D eigenvalue weighted by Crippen LogP contribution is 2.25. The Hall–Kier alpha value is -3.05. The molecular formula is C23H24N2O3. The first-order valence-electron chi connectivity index (χ1n) is 9.56. The summed E-state index contributed by atoms with van der Waals surface area (Å²) in [5, 5.41) is 0. The van der Waals surface area contributed by atoms with Crippen LogP contribution in [0.3, 0.4) is 0 Å². The van der Waals surface area contributed by atoms with Crippen LogP contribution in [0.2, 0.25) is 0 Å². The van der Waals surface area contributed by atoms with Gasteiger partial charge < -0.3 is 14.1 Å². The molecule has 0 spiro atoms. The van der Waals surface area contributed by atoms with Crippen LogP contribution in [0, 0.1) is 6.92 Å². The number of hydrogen-bond donors (Lipinski definition) is 0. The molecule has 5 nitrogen and oxygen atoms in total. The van der Waals surface area contributed by atoms with Crippen molar-refractivity contribution in [1.82, 2.24) is 9.80 Å². The van der Waals surface area contributed by atoms with E-state index in [4.69, 9.17) is 9.15 Å². The van der Waals surface area contributed by atoms with E-state index in [2.05, 4.69) is 17.0 Å². The lowest BCUT2D eigenvalue weighted by atomic mass is 10.1. The third kappa shape index (κ3) is 4.26. The molecule has 0 unspecified atom stereocenters. The van der Waals surface area contributed by atoms with Crippen molar-refractivity contribution in [3.63, 3.8) is 0 Å². The van der Waals surface area contributed by atoms with Crippen molar-refractivity contribution in [2.45, 2.75) is 13.5 Å². The SMILES string of the molecule is Cc1ccccc1Oc1cccc(CN2CCN(C(=O)c3ccco3)CC2)c1. The highest BCUT2D eigenvalue weighted by molar-refractivity contribution is 5.91. The minimum Gasteiger partial charge on any atom is -0.459 e. The van der Waals surface area contributed by atoms with Crippen molar-refractivity contribution in [1.29, 1.82) is 0 Å². The fourth-order valence-corrected chi connectivity index (χ4v) is 3.43. The molecule has 2 aromatic carbocycles. The molecule has 1 aliphatic heterocycles. The van der Waals surface area contributed by atoms with Gasteiger partial charge >= 0.3 is 0 Å². The molecule has 5 heteroatoms. The zero-order chi connectivity index (χ0) is 19.3. The van der Waals surface area contributed by atoms with E-state index in [0.29, 0.717) is 18.8 Å². The Morgan fingerprint density at radius 3 is 2.57 bits per heavy atom. The maximum absolute atomic E-state index is 12.4. The van der Waals surface area contributed by atoms with Crippen LogP contribution in [0.25, 0.3) is 0 Å². The van der Waals surface area contributed by atoms with Gasteiger partial charge in [-0.1, -0.05) is 30.3 Å². The van der Waals surface area contributed by atoms with Crippen LogP contribution in [0.1, 0.15) is 21.7 Å². The number of ether oxygens (including phenoxy) is 1. The number of nitrogens with zero attached hydrogens (tertiary/aromatic N) is 2. The number of furan rings is 1. The number of piperazine rings is 1. The fraction of sp³-hybridized carbons (Fsp3) is 0.261. The van der Waals surface area contributed by atoms with Crippen molar-refractivity contribution in [3.8, 4) is 11.5 Å². The average molecular weight is 376 g/mol. The standard InChI is InChI=1S/C23H24N2O3/c1-18-6-2-3-9-21(18)28-20-8-4-7-19(16-20)17-24-11-13-25(14-12-24)23(26)22-10-5-15-27-22/h2-10,15-16H,11-14,17H2,1H3. The maximum atomic E-state index is 12.4. The molecular weight excluding hydrogens is 352 g/mol. The third-order valence-electron chi connectivity index (χ3n) is 5.02. The van der Waals surface area contributed by atoms with E-state index in [9.17, 15) is 4.79 Å². The zero-order valence-electron chi connectivity index (χ0n) is 16.0. The van der Waals surface area contributed by atoms with Gasteiger partial charge in [0.1, 0.15) is 11.5 Å². The lowest BCUT2D eigenvalue weighted by Crippen LogP contribution is -2.48. The van der Waals surface area contributed by atoms with Gasteiger partial charge in [-0.05, 0) is 48.4 Å². The highest BCUT2D eigenvalue weighted by Gasteiger charge is 2.23. The maximum Gasteiger partial charge on any atom is 0.289 e. The van der Waals surface area contributed by atoms with Gasteiger partial charge in [0.2, 0.25) is 0 Å². The molecule has 2 heterocycles. The molecule has 0 N–H and O–H groups in total. The predicted octanol–water partition coefficient (Wildman–Crippen LogP) is 4.34. The normalized spacial score (nSPS) is 14.8. The summed E-state index contributed by atoms with van der Waals surface area (Å²) in [4.78, 5) is 16.6. The van der Waals surface area contributed by atoms with Crippen molar-refractivity contribution >= 4 is 5.91 Å². The van der Waals surface area contributed by atoms with Crippen molar-refractivity contribution in [2.24, 2.45) is 0 Å². The quantitative estimate of drug-likeness (QED) is 0.665. The number of rotatable bonds is 5. The van der Waals surface area contributed by atoms with Gasteiger partial charge in [0.25, 0.3) is 5.91 Å². The van der Waals surface area contributed by atoms with Crippen LogP contribution in [-0.2, 0) is 6.54 Å². The van der Waals surface area contributed by atoms with Gasteiger partial charge in [-0.15, -0.1) is 0 Å². The first-order valence-corrected chi connectivity index (χ1v) is 9.56. The number of carbonyl (C=O) groups is 1. The molecule has 0 aliphatic carbocycles. The average Bonchev–Trinajstić information content (AvgIpc) is 3.25. The minimum atomic E-state index is -0.0294. The molecule has 0 bridgehead atoms. The number of amides is 1. The molecule has 1 aromatic heterocycles. The Balaban J connectivity index is 1.34. The molecule has 1 fully saturated rings. The molecule has 144 valence electrons. The lowest BCUT2D eigenvalue weighted by Gasteiger charge is -2.34. The van der Waals surface area contributed by atoms with Crippen LogP contribution < -0.4 is 4.74 Å². The lowest BCUT2D eigenvalue weighted by molar-refractivity contribution is 0.0598. The summed E-state index contributed by atoms with van der Waals surface area (Å²) in [6.07, 6.45) is 1.54. The molecule has 0 saturated carbocycles. The van der Waals surface area contributed by atoms with E-state index in [1.807, 2.05) is 48.2 Å². The molecule has 4 rings (SSSR count). The summed E-state index contributed by atoms with van der Waals surface area (Å²) in [7, 11) is 0. The molecule has 1 amide bonds. The summed E-state index contributed by atoms with van der Waals surface area (Å²) >= 11 is 0. The molecule has 3 aromatic rings. The Bertz CT molecular complexity index is 929. The third-order valence-corrected chi connectivity index (χ3v) is 5.02. The number of hydrogen-bond acceptors (Lipinski definition) is 4. The Morgan fingerprint density at radius 2 is 1.82 bits per heavy atom. The van der Waals surface area contributed by atoms with Crippen LogP contribution in [0.4, 0.5) is 0 Å². The summed E-state index contributed by atoms with van der Waals surface area (Å²) in [6.45, 7) is 5.99. The topological polar surface area (TPSA) is 45.9 Å². The number of aryl methyl sites for hydroxylation is 1. The van der Waals surface area contributed by atoms with Gasteiger partial charge in [-0.3, -0.25) is 9.69 Å². The summed E-state index contributed by atoms with van der Waals surface area (Å²) in [5.74, 6) is 2.11. The Labute approximate surface area is 165 Å². The number of carbonyl (C=O) groups excluding carboxylic acids is 1. The zero-order valence-corrected chi connectivity index (χ0v) is 16.0. The summed E-state index contributed by atoms with van der Waals surface area (Å²) in [5.41, 5.74) is 2.32.